The van der Waals surface area contributed by atoms with Crippen molar-refractivity contribution in [1.29, 1.82) is 5.26 Å². The lowest BCUT2D eigenvalue weighted by Gasteiger charge is -2.10. The van der Waals surface area contributed by atoms with Gasteiger partial charge in [0.1, 0.15) is 11.8 Å². The third kappa shape index (κ3) is 1.99. The summed E-state index contributed by atoms with van der Waals surface area (Å²) in [6.07, 6.45) is 4.73. The predicted molar refractivity (Wildman–Crippen MR) is 75.2 cm³/mol. The number of hydrogen-bond acceptors (Lipinski definition) is 5. The van der Waals surface area contributed by atoms with E-state index < -0.39 is 0 Å². The summed E-state index contributed by atoms with van der Waals surface area (Å²) >= 11 is 0. The maximum atomic E-state index is 9.06. The topological polar surface area (TPSA) is 84.8 Å². The first kappa shape index (κ1) is 11.9. The van der Waals surface area contributed by atoms with Crippen molar-refractivity contribution in [1.82, 2.24) is 9.97 Å². The van der Waals surface area contributed by atoms with Crippen molar-refractivity contribution in [2.24, 2.45) is 0 Å². The van der Waals surface area contributed by atoms with Crippen molar-refractivity contribution < 1.29 is 4.74 Å². The van der Waals surface area contributed by atoms with Gasteiger partial charge in [0.25, 0.3) is 0 Å². The molecular weight excluding hydrogens is 252 g/mol. The van der Waals surface area contributed by atoms with Crippen molar-refractivity contribution >= 4 is 16.6 Å². The average Bonchev–Trinajstić information content (AvgIpc) is 2.51. The van der Waals surface area contributed by atoms with E-state index in [0.717, 1.165) is 5.39 Å². The summed E-state index contributed by atoms with van der Waals surface area (Å²) in [5.41, 5.74) is 7.57. The standard InChI is InChI=1S/C15H10N4O/c16-8-10-5-7-18-9-14(10)20-13-4-3-12(17)15-11(13)2-1-6-19-15/h1-7,9H,17H2. The van der Waals surface area contributed by atoms with Crippen LogP contribution in [0.25, 0.3) is 10.9 Å². The van der Waals surface area contributed by atoms with Crippen LogP contribution in [0.5, 0.6) is 11.5 Å². The summed E-state index contributed by atoms with van der Waals surface area (Å²) in [4.78, 5) is 8.21. The zero-order valence-electron chi connectivity index (χ0n) is 10.4. The maximum absolute atomic E-state index is 9.06. The molecule has 0 bridgehead atoms. The number of fused-ring (bicyclic) bond motifs is 1. The van der Waals surface area contributed by atoms with Gasteiger partial charge in [-0.3, -0.25) is 9.97 Å². The summed E-state index contributed by atoms with van der Waals surface area (Å²) in [5, 5.41) is 9.86. The summed E-state index contributed by atoms with van der Waals surface area (Å²) in [5.74, 6) is 0.997. The van der Waals surface area contributed by atoms with Crippen LogP contribution in [-0.2, 0) is 0 Å². The molecule has 5 nitrogen and oxygen atoms in total. The van der Waals surface area contributed by atoms with E-state index in [4.69, 9.17) is 15.7 Å². The smallest absolute Gasteiger partial charge is 0.163 e. The van der Waals surface area contributed by atoms with Gasteiger partial charge in [0, 0.05) is 17.8 Å². The fraction of sp³-hybridized carbons (Fsp3) is 0. The highest BCUT2D eigenvalue weighted by Crippen LogP contribution is 2.32. The van der Waals surface area contributed by atoms with Crippen molar-refractivity contribution in [3.05, 3.63) is 54.5 Å². The molecule has 2 aromatic heterocycles. The zero-order chi connectivity index (χ0) is 13.9. The van der Waals surface area contributed by atoms with Gasteiger partial charge in [0.15, 0.2) is 5.75 Å². The first-order chi connectivity index (χ1) is 9.79. The molecule has 2 N–H and O–H groups in total. The summed E-state index contributed by atoms with van der Waals surface area (Å²) in [6.45, 7) is 0. The van der Waals surface area contributed by atoms with Crippen LogP contribution in [0.15, 0.2) is 48.9 Å². The number of anilines is 1. The second kappa shape index (κ2) is 4.86. The largest absolute Gasteiger partial charge is 0.454 e. The van der Waals surface area contributed by atoms with Crippen LogP contribution in [0.2, 0.25) is 0 Å². The van der Waals surface area contributed by atoms with Crippen LogP contribution in [-0.4, -0.2) is 9.97 Å². The van der Waals surface area contributed by atoms with Gasteiger partial charge in [0.05, 0.1) is 23.0 Å². The molecule has 0 radical (unpaired) electrons. The number of pyridine rings is 2. The molecule has 0 spiro atoms. The molecular formula is C15H10N4O. The Morgan fingerprint density at radius 3 is 2.85 bits per heavy atom. The lowest BCUT2D eigenvalue weighted by atomic mass is 10.1. The fourth-order valence-corrected chi connectivity index (χ4v) is 1.93. The van der Waals surface area contributed by atoms with Gasteiger partial charge < -0.3 is 10.5 Å². The third-order valence-corrected chi connectivity index (χ3v) is 2.89. The first-order valence-electron chi connectivity index (χ1n) is 5.95. The molecule has 20 heavy (non-hydrogen) atoms. The molecule has 1 aromatic carbocycles. The minimum absolute atomic E-state index is 0.407. The van der Waals surface area contributed by atoms with Crippen molar-refractivity contribution in [3.8, 4) is 17.6 Å². The summed E-state index contributed by atoms with van der Waals surface area (Å²) < 4.78 is 5.79. The summed E-state index contributed by atoms with van der Waals surface area (Å²) in [7, 11) is 0. The minimum Gasteiger partial charge on any atom is -0.454 e. The van der Waals surface area contributed by atoms with Gasteiger partial charge in [-0.2, -0.15) is 5.26 Å². The number of ether oxygens (including phenoxy) is 1. The van der Waals surface area contributed by atoms with E-state index >= 15 is 0 Å². The molecule has 0 aliphatic carbocycles. The highest BCUT2D eigenvalue weighted by atomic mass is 16.5. The zero-order valence-corrected chi connectivity index (χ0v) is 10.4. The van der Waals surface area contributed by atoms with Crippen LogP contribution in [0.3, 0.4) is 0 Å². The lowest BCUT2D eigenvalue weighted by Crippen LogP contribution is -1.94. The van der Waals surface area contributed by atoms with Crippen molar-refractivity contribution in [3.63, 3.8) is 0 Å². The van der Waals surface area contributed by atoms with Crippen LogP contribution in [0.1, 0.15) is 5.56 Å². The Morgan fingerprint density at radius 1 is 1.10 bits per heavy atom. The SMILES string of the molecule is N#Cc1ccncc1Oc1ccc(N)c2ncccc12. The number of aromatic nitrogens is 2. The van der Waals surface area contributed by atoms with Gasteiger partial charge in [-0.1, -0.05) is 0 Å². The Morgan fingerprint density at radius 2 is 2.00 bits per heavy atom. The van der Waals surface area contributed by atoms with Crippen LogP contribution in [0.4, 0.5) is 5.69 Å². The maximum Gasteiger partial charge on any atom is 0.163 e. The lowest BCUT2D eigenvalue weighted by molar-refractivity contribution is 0.484. The van der Waals surface area contributed by atoms with E-state index in [1.54, 1.807) is 30.6 Å². The number of nitrogen functional groups attached to an aromatic ring is 1. The molecule has 96 valence electrons. The molecule has 0 saturated carbocycles. The fourth-order valence-electron chi connectivity index (χ4n) is 1.93. The molecule has 0 aliphatic rings. The minimum atomic E-state index is 0.407. The van der Waals surface area contributed by atoms with E-state index in [1.165, 1.54) is 6.20 Å². The monoisotopic (exact) mass is 262 g/mol. The molecule has 0 atom stereocenters. The number of benzene rings is 1. The van der Waals surface area contributed by atoms with E-state index in [0.29, 0.717) is 28.3 Å². The highest BCUT2D eigenvalue weighted by molar-refractivity contribution is 5.93. The van der Waals surface area contributed by atoms with E-state index in [-0.39, 0.29) is 0 Å². The Hall–Kier alpha value is -3.13. The summed E-state index contributed by atoms with van der Waals surface area (Å²) in [6, 6.07) is 10.8. The number of hydrogen-bond donors (Lipinski definition) is 1. The van der Waals surface area contributed by atoms with Crippen LogP contribution in [0, 0.1) is 11.3 Å². The number of rotatable bonds is 2. The van der Waals surface area contributed by atoms with Gasteiger partial charge >= 0.3 is 0 Å². The number of nitrogens with two attached hydrogens (primary N) is 1. The molecule has 3 rings (SSSR count). The highest BCUT2D eigenvalue weighted by Gasteiger charge is 2.09. The molecule has 0 saturated heterocycles. The first-order valence-corrected chi connectivity index (χ1v) is 5.95. The van der Waals surface area contributed by atoms with E-state index in [2.05, 4.69) is 16.0 Å². The molecule has 0 amide bonds. The second-order valence-corrected chi connectivity index (χ2v) is 4.14. The van der Waals surface area contributed by atoms with Gasteiger partial charge in [-0.15, -0.1) is 0 Å². The normalized spacial score (nSPS) is 10.2. The second-order valence-electron chi connectivity index (χ2n) is 4.14. The Balaban J connectivity index is 2.12. The molecule has 2 heterocycles. The van der Waals surface area contributed by atoms with E-state index in [1.807, 2.05) is 12.1 Å². The molecule has 5 heteroatoms. The van der Waals surface area contributed by atoms with Crippen LogP contribution >= 0.6 is 0 Å². The third-order valence-electron chi connectivity index (χ3n) is 2.89. The van der Waals surface area contributed by atoms with Crippen LogP contribution < -0.4 is 10.5 Å². The van der Waals surface area contributed by atoms with Gasteiger partial charge in [0.2, 0.25) is 0 Å². The van der Waals surface area contributed by atoms with Gasteiger partial charge in [-0.05, 0) is 30.3 Å². The Bertz CT molecular complexity index is 823. The number of nitriles is 1. The molecule has 0 aliphatic heterocycles. The molecule has 3 aromatic rings. The van der Waals surface area contributed by atoms with Gasteiger partial charge in [-0.25, -0.2) is 0 Å². The predicted octanol–water partition coefficient (Wildman–Crippen LogP) is 2.88. The quantitative estimate of drug-likeness (QED) is 0.718. The van der Waals surface area contributed by atoms with Crippen molar-refractivity contribution in [2.75, 3.05) is 5.73 Å². The van der Waals surface area contributed by atoms with E-state index in [9.17, 15) is 0 Å². The van der Waals surface area contributed by atoms with Crippen molar-refractivity contribution in [2.45, 2.75) is 0 Å². The number of nitrogens with zero attached hydrogens (tertiary/aromatic N) is 3. The Kier molecular flexibility index (Phi) is 2.90. The molecule has 0 unspecified atom stereocenters. The Labute approximate surface area is 115 Å². The molecule has 0 fully saturated rings. The average molecular weight is 262 g/mol.